The van der Waals surface area contributed by atoms with Crippen molar-refractivity contribution >= 4 is 5.82 Å². The highest BCUT2D eigenvalue weighted by atomic mass is 15.1. The molecule has 1 aromatic carbocycles. The zero-order chi connectivity index (χ0) is 12.4. The number of anilines is 1. The van der Waals surface area contributed by atoms with Gasteiger partial charge in [0.05, 0.1) is 0 Å². The van der Waals surface area contributed by atoms with Crippen LogP contribution < -0.4 is 5.73 Å². The molecule has 0 radical (unpaired) electrons. The molecule has 0 atom stereocenters. The van der Waals surface area contributed by atoms with E-state index in [0.717, 1.165) is 35.9 Å². The highest BCUT2D eigenvalue weighted by Crippen LogP contribution is 2.27. The monoisotopic (exact) mass is 229 g/mol. The van der Waals surface area contributed by atoms with Crippen molar-refractivity contribution < 1.29 is 0 Å². The molecule has 0 aliphatic rings. The van der Waals surface area contributed by atoms with Crippen molar-refractivity contribution in [1.29, 1.82) is 0 Å². The van der Waals surface area contributed by atoms with Gasteiger partial charge in [-0.2, -0.15) is 0 Å². The van der Waals surface area contributed by atoms with Crippen LogP contribution in [-0.2, 0) is 13.0 Å². The van der Waals surface area contributed by atoms with Gasteiger partial charge in [0.2, 0.25) is 0 Å². The molecular formula is C14H19N3. The third-order valence-corrected chi connectivity index (χ3v) is 3.01. The maximum atomic E-state index is 6.17. The second-order valence-corrected chi connectivity index (χ2v) is 4.23. The number of hydrogen-bond donors (Lipinski definition) is 1. The number of nitrogens with two attached hydrogens (primary N) is 1. The molecule has 0 bridgehead atoms. The lowest BCUT2D eigenvalue weighted by Crippen LogP contribution is -2.04. The highest BCUT2D eigenvalue weighted by Gasteiger charge is 2.13. The van der Waals surface area contributed by atoms with Crippen LogP contribution in [0.2, 0.25) is 0 Å². The van der Waals surface area contributed by atoms with Gasteiger partial charge in [-0.05, 0) is 19.9 Å². The molecule has 0 aliphatic carbocycles. The van der Waals surface area contributed by atoms with Crippen LogP contribution in [0.3, 0.4) is 0 Å². The Labute approximate surface area is 102 Å². The van der Waals surface area contributed by atoms with Crippen LogP contribution in [-0.4, -0.2) is 9.55 Å². The van der Waals surface area contributed by atoms with Gasteiger partial charge >= 0.3 is 0 Å². The molecule has 0 unspecified atom stereocenters. The van der Waals surface area contributed by atoms with Gasteiger partial charge in [0, 0.05) is 18.5 Å². The molecule has 0 fully saturated rings. The topological polar surface area (TPSA) is 43.8 Å². The molecule has 0 aliphatic heterocycles. The van der Waals surface area contributed by atoms with Gasteiger partial charge in [-0.15, -0.1) is 0 Å². The Kier molecular flexibility index (Phi) is 3.18. The van der Waals surface area contributed by atoms with E-state index in [4.69, 9.17) is 5.73 Å². The molecule has 0 spiro atoms. The van der Waals surface area contributed by atoms with E-state index in [1.165, 1.54) is 5.56 Å². The van der Waals surface area contributed by atoms with Gasteiger partial charge in [-0.1, -0.05) is 30.7 Å². The lowest BCUT2D eigenvalue weighted by molar-refractivity contribution is 0.713. The number of aryl methyl sites for hydroxylation is 2. The fraction of sp³-hybridized carbons (Fsp3) is 0.357. The summed E-state index contributed by atoms with van der Waals surface area (Å²) in [5.41, 5.74) is 9.41. The molecule has 3 nitrogen and oxygen atoms in total. The average Bonchev–Trinajstić information content (AvgIpc) is 2.65. The second kappa shape index (κ2) is 4.62. The van der Waals surface area contributed by atoms with Crippen LogP contribution >= 0.6 is 0 Å². The molecular weight excluding hydrogens is 210 g/mol. The van der Waals surface area contributed by atoms with Gasteiger partial charge in [0.15, 0.2) is 0 Å². The van der Waals surface area contributed by atoms with E-state index in [1.54, 1.807) is 0 Å². The lowest BCUT2D eigenvalue weighted by atomic mass is 10.1. The summed E-state index contributed by atoms with van der Waals surface area (Å²) in [6, 6.07) is 8.31. The van der Waals surface area contributed by atoms with E-state index >= 15 is 0 Å². The van der Waals surface area contributed by atoms with E-state index in [9.17, 15) is 0 Å². The van der Waals surface area contributed by atoms with Gasteiger partial charge in [-0.3, -0.25) is 0 Å². The Balaban J connectivity index is 2.56. The number of nitrogens with zero attached hydrogens (tertiary/aromatic N) is 2. The van der Waals surface area contributed by atoms with Crippen molar-refractivity contribution in [2.75, 3.05) is 5.73 Å². The standard InChI is InChI=1S/C14H19N3/c1-4-12-16-13(14(15)17(12)5-2)11-8-6-7-10(3)9-11/h6-9H,4-5,15H2,1-3H3. The molecule has 1 heterocycles. The summed E-state index contributed by atoms with van der Waals surface area (Å²) in [7, 11) is 0. The molecule has 2 N–H and O–H groups in total. The van der Waals surface area contributed by atoms with Gasteiger partial charge in [0.1, 0.15) is 17.3 Å². The minimum Gasteiger partial charge on any atom is -0.383 e. The van der Waals surface area contributed by atoms with Crippen LogP contribution in [0.5, 0.6) is 0 Å². The predicted octanol–water partition coefficient (Wildman–Crippen LogP) is 3.02. The molecule has 1 aromatic heterocycles. The zero-order valence-electron chi connectivity index (χ0n) is 10.7. The van der Waals surface area contributed by atoms with Gasteiger partial charge in [0.25, 0.3) is 0 Å². The van der Waals surface area contributed by atoms with E-state index in [0.29, 0.717) is 0 Å². The summed E-state index contributed by atoms with van der Waals surface area (Å²) in [4.78, 5) is 4.65. The SMILES string of the molecule is CCc1nc(-c2cccc(C)c2)c(N)n1CC. The number of aromatic nitrogens is 2. The number of nitrogen functional groups attached to an aromatic ring is 1. The lowest BCUT2D eigenvalue weighted by Gasteiger charge is -2.04. The summed E-state index contributed by atoms with van der Waals surface area (Å²) in [6.07, 6.45) is 0.907. The van der Waals surface area contributed by atoms with Crippen molar-refractivity contribution in [2.24, 2.45) is 0 Å². The largest absolute Gasteiger partial charge is 0.383 e. The summed E-state index contributed by atoms with van der Waals surface area (Å²) in [5, 5.41) is 0. The summed E-state index contributed by atoms with van der Waals surface area (Å²) >= 11 is 0. The number of rotatable bonds is 3. The molecule has 17 heavy (non-hydrogen) atoms. The Morgan fingerprint density at radius 3 is 2.59 bits per heavy atom. The fourth-order valence-corrected chi connectivity index (χ4v) is 2.14. The van der Waals surface area contributed by atoms with Crippen LogP contribution in [0.1, 0.15) is 25.2 Å². The van der Waals surface area contributed by atoms with E-state index in [1.807, 2.05) is 6.07 Å². The number of imidazole rings is 1. The van der Waals surface area contributed by atoms with E-state index in [-0.39, 0.29) is 0 Å². The third-order valence-electron chi connectivity index (χ3n) is 3.01. The maximum Gasteiger partial charge on any atom is 0.131 e. The summed E-state index contributed by atoms with van der Waals surface area (Å²) in [5.74, 6) is 1.83. The summed E-state index contributed by atoms with van der Waals surface area (Å²) < 4.78 is 2.08. The molecule has 2 rings (SSSR count). The Morgan fingerprint density at radius 2 is 2.06 bits per heavy atom. The molecule has 2 aromatic rings. The van der Waals surface area contributed by atoms with Crippen LogP contribution in [0, 0.1) is 6.92 Å². The highest BCUT2D eigenvalue weighted by molar-refractivity contribution is 5.71. The minimum atomic E-state index is 0.773. The van der Waals surface area contributed by atoms with Gasteiger partial charge in [-0.25, -0.2) is 4.98 Å². The van der Waals surface area contributed by atoms with Crippen LogP contribution in [0.4, 0.5) is 5.82 Å². The Hall–Kier alpha value is -1.77. The summed E-state index contributed by atoms with van der Waals surface area (Å²) in [6.45, 7) is 7.15. The van der Waals surface area contributed by atoms with E-state index in [2.05, 4.69) is 48.5 Å². The van der Waals surface area contributed by atoms with Crippen molar-refractivity contribution in [3.63, 3.8) is 0 Å². The molecule has 90 valence electrons. The number of hydrogen-bond acceptors (Lipinski definition) is 2. The van der Waals surface area contributed by atoms with Crippen molar-refractivity contribution in [3.05, 3.63) is 35.7 Å². The molecule has 0 saturated carbocycles. The first-order valence-electron chi connectivity index (χ1n) is 6.09. The second-order valence-electron chi connectivity index (χ2n) is 4.23. The smallest absolute Gasteiger partial charge is 0.131 e. The van der Waals surface area contributed by atoms with Crippen molar-refractivity contribution in [2.45, 2.75) is 33.7 Å². The minimum absolute atomic E-state index is 0.773. The van der Waals surface area contributed by atoms with E-state index < -0.39 is 0 Å². The first-order chi connectivity index (χ1) is 8.17. The average molecular weight is 229 g/mol. The molecule has 3 heteroatoms. The van der Waals surface area contributed by atoms with Crippen molar-refractivity contribution in [3.8, 4) is 11.3 Å². The third kappa shape index (κ3) is 2.05. The maximum absolute atomic E-state index is 6.17. The Bertz CT molecular complexity index is 526. The van der Waals surface area contributed by atoms with Crippen molar-refractivity contribution in [1.82, 2.24) is 9.55 Å². The first-order valence-corrected chi connectivity index (χ1v) is 6.09. The molecule has 0 amide bonds. The Morgan fingerprint density at radius 1 is 1.29 bits per heavy atom. The van der Waals surface area contributed by atoms with Gasteiger partial charge < -0.3 is 10.3 Å². The van der Waals surface area contributed by atoms with Crippen LogP contribution in [0.15, 0.2) is 24.3 Å². The number of benzene rings is 1. The normalized spacial score (nSPS) is 10.8. The predicted molar refractivity (Wildman–Crippen MR) is 71.9 cm³/mol. The zero-order valence-corrected chi connectivity index (χ0v) is 10.7. The first kappa shape index (κ1) is 11.7. The quantitative estimate of drug-likeness (QED) is 0.879. The van der Waals surface area contributed by atoms with Crippen LogP contribution in [0.25, 0.3) is 11.3 Å². The molecule has 0 saturated heterocycles. The fourth-order valence-electron chi connectivity index (χ4n) is 2.14.